The van der Waals surface area contributed by atoms with Crippen LogP contribution in [0.3, 0.4) is 0 Å². The molecule has 27 heavy (non-hydrogen) atoms. The van der Waals surface area contributed by atoms with E-state index in [1.165, 1.54) is 20.3 Å². The van der Waals surface area contributed by atoms with Crippen molar-refractivity contribution in [3.63, 3.8) is 0 Å². The summed E-state index contributed by atoms with van der Waals surface area (Å²) in [5.41, 5.74) is 1.23. The maximum absolute atomic E-state index is 12.3. The molecule has 2 rings (SSSR count). The number of hydrogen-bond donors (Lipinski definition) is 0. The van der Waals surface area contributed by atoms with Crippen LogP contribution in [0.5, 0.6) is 0 Å². The molecule has 0 saturated heterocycles. The number of carbonyl (C=O) groups is 3. The fourth-order valence-electron chi connectivity index (χ4n) is 2.83. The highest BCUT2D eigenvalue weighted by Crippen LogP contribution is 2.29. The van der Waals surface area contributed by atoms with Crippen LogP contribution in [0.1, 0.15) is 53.5 Å². The van der Waals surface area contributed by atoms with Gasteiger partial charge in [-0.1, -0.05) is 18.2 Å². The zero-order chi connectivity index (χ0) is 20.2. The van der Waals surface area contributed by atoms with E-state index in [4.69, 9.17) is 14.2 Å². The van der Waals surface area contributed by atoms with Crippen molar-refractivity contribution >= 4 is 23.6 Å². The van der Waals surface area contributed by atoms with Gasteiger partial charge in [-0.25, -0.2) is 14.4 Å². The van der Waals surface area contributed by atoms with Crippen LogP contribution in [0.15, 0.2) is 24.3 Å². The zero-order valence-electron chi connectivity index (χ0n) is 16.3. The van der Waals surface area contributed by atoms with E-state index < -0.39 is 17.5 Å². The molecule has 146 valence electrons. The number of methoxy groups -OCH3 is 2. The SMILES string of the molecule is COC(=O)c1cccc(C2=CCN(C(=O)OC(C)(C)C)CC2)c1C(=O)OC. The molecule has 1 aliphatic rings. The lowest BCUT2D eigenvalue weighted by molar-refractivity contribution is 0.0270. The van der Waals surface area contributed by atoms with E-state index in [1.54, 1.807) is 17.0 Å². The van der Waals surface area contributed by atoms with Gasteiger partial charge in [0.1, 0.15) is 5.60 Å². The summed E-state index contributed by atoms with van der Waals surface area (Å²) in [4.78, 5) is 38.1. The van der Waals surface area contributed by atoms with E-state index in [0.29, 0.717) is 25.1 Å². The molecule has 0 spiro atoms. The molecule has 0 aliphatic carbocycles. The standard InChI is InChI=1S/C20H25NO6/c1-20(2,3)27-19(24)21-11-9-13(10-12-21)14-7-6-8-15(17(22)25-4)16(14)18(23)26-5/h6-9H,10-12H2,1-5H3. The minimum Gasteiger partial charge on any atom is -0.465 e. The van der Waals surface area contributed by atoms with Crippen molar-refractivity contribution < 1.29 is 28.6 Å². The van der Waals surface area contributed by atoms with Gasteiger partial charge in [-0.2, -0.15) is 0 Å². The summed E-state index contributed by atoms with van der Waals surface area (Å²) in [6.07, 6.45) is 2.00. The lowest BCUT2D eigenvalue weighted by Crippen LogP contribution is -2.39. The summed E-state index contributed by atoms with van der Waals surface area (Å²) in [7, 11) is 2.52. The minimum atomic E-state index is -0.610. The van der Waals surface area contributed by atoms with Crippen molar-refractivity contribution in [2.75, 3.05) is 27.3 Å². The maximum atomic E-state index is 12.3. The topological polar surface area (TPSA) is 82.1 Å². The summed E-state index contributed by atoms with van der Waals surface area (Å²) in [6.45, 7) is 6.25. The smallest absolute Gasteiger partial charge is 0.410 e. The average Bonchev–Trinajstić information content (AvgIpc) is 2.64. The number of nitrogens with zero attached hydrogens (tertiary/aromatic N) is 1. The molecule has 0 unspecified atom stereocenters. The lowest BCUT2D eigenvalue weighted by Gasteiger charge is -2.30. The Morgan fingerprint density at radius 2 is 1.70 bits per heavy atom. The second kappa shape index (κ2) is 8.24. The van der Waals surface area contributed by atoms with E-state index in [2.05, 4.69) is 0 Å². The predicted octanol–water partition coefficient (Wildman–Crippen LogP) is 3.28. The number of benzene rings is 1. The molecule has 0 bridgehead atoms. The summed E-state index contributed by atoms with van der Waals surface area (Å²) in [5, 5.41) is 0. The fraction of sp³-hybridized carbons (Fsp3) is 0.450. The molecule has 7 nitrogen and oxygen atoms in total. The van der Waals surface area contributed by atoms with Crippen LogP contribution < -0.4 is 0 Å². The highest BCUT2D eigenvalue weighted by atomic mass is 16.6. The highest BCUT2D eigenvalue weighted by Gasteiger charge is 2.27. The predicted molar refractivity (Wildman–Crippen MR) is 99.5 cm³/mol. The average molecular weight is 375 g/mol. The second-order valence-corrected chi connectivity index (χ2v) is 7.12. The first-order valence-corrected chi connectivity index (χ1v) is 8.65. The molecule has 0 atom stereocenters. The maximum Gasteiger partial charge on any atom is 0.410 e. The van der Waals surface area contributed by atoms with E-state index in [-0.39, 0.29) is 17.2 Å². The van der Waals surface area contributed by atoms with Gasteiger partial charge < -0.3 is 19.1 Å². The normalized spacial score (nSPS) is 14.3. The Bertz CT molecular complexity index is 775. The van der Waals surface area contributed by atoms with Crippen LogP contribution in [0, 0.1) is 0 Å². The zero-order valence-corrected chi connectivity index (χ0v) is 16.3. The molecule has 0 aromatic heterocycles. The Hall–Kier alpha value is -2.83. The fourth-order valence-corrected chi connectivity index (χ4v) is 2.83. The van der Waals surface area contributed by atoms with Crippen molar-refractivity contribution in [2.45, 2.75) is 32.8 Å². The van der Waals surface area contributed by atoms with Crippen LogP contribution in [0.4, 0.5) is 4.79 Å². The molecule has 1 aromatic rings. The highest BCUT2D eigenvalue weighted by molar-refractivity contribution is 6.06. The summed E-state index contributed by atoms with van der Waals surface area (Å²) in [6, 6.07) is 4.97. The van der Waals surface area contributed by atoms with Crippen molar-refractivity contribution in [2.24, 2.45) is 0 Å². The van der Waals surface area contributed by atoms with Gasteiger partial charge in [-0.3, -0.25) is 0 Å². The van der Waals surface area contributed by atoms with Crippen molar-refractivity contribution in [1.82, 2.24) is 4.90 Å². The van der Waals surface area contributed by atoms with Gasteiger partial charge in [0.05, 0.1) is 25.3 Å². The number of ether oxygens (including phenoxy) is 3. The van der Waals surface area contributed by atoms with Crippen molar-refractivity contribution in [3.05, 3.63) is 41.0 Å². The number of esters is 2. The molecule has 7 heteroatoms. The van der Waals surface area contributed by atoms with E-state index in [0.717, 1.165) is 5.57 Å². The number of rotatable bonds is 3. The first-order chi connectivity index (χ1) is 12.7. The number of hydrogen-bond acceptors (Lipinski definition) is 6. The Kier molecular flexibility index (Phi) is 6.25. The number of carbonyl (C=O) groups excluding carboxylic acids is 3. The third-order valence-electron chi connectivity index (χ3n) is 4.07. The van der Waals surface area contributed by atoms with Gasteiger partial charge >= 0.3 is 18.0 Å². The molecular formula is C20H25NO6. The molecule has 1 aromatic carbocycles. The van der Waals surface area contributed by atoms with Crippen molar-refractivity contribution in [3.8, 4) is 0 Å². The van der Waals surface area contributed by atoms with Crippen LogP contribution in [-0.4, -0.2) is 55.8 Å². The molecule has 0 N–H and O–H groups in total. The quantitative estimate of drug-likeness (QED) is 0.596. The first kappa shape index (κ1) is 20.5. The van der Waals surface area contributed by atoms with Gasteiger partial charge in [-0.15, -0.1) is 0 Å². The summed E-state index contributed by atoms with van der Waals surface area (Å²) in [5.74, 6) is -1.22. The molecule has 1 amide bonds. The van der Waals surface area contributed by atoms with Gasteiger partial charge in [0.15, 0.2) is 0 Å². The molecule has 1 heterocycles. The van der Waals surface area contributed by atoms with Gasteiger partial charge in [-0.05, 0) is 44.4 Å². The summed E-state index contributed by atoms with van der Waals surface area (Å²) < 4.78 is 15.0. The van der Waals surface area contributed by atoms with E-state index >= 15 is 0 Å². The van der Waals surface area contributed by atoms with Crippen LogP contribution in [-0.2, 0) is 14.2 Å². The minimum absolute atomic E-state index is 0.150. The van der Waals surface area contributed by atoms with Crippen molar-refractivity contribution in [1.29, 1.82) is 0 Å². The molecule has 0 fully saturated rings. The number of amides is 1. The van der Waals surface area contributed by atoms with Crippen LogP contribution in [0.25, 0.3) is 5.57 Å². The molecule has 0 saturated carbocycles. The second-order valence-electron chi connectivity index (χ2n) is 7.12. The summed E-state index contributed by atoms with van der Waals surface area (Å²) >= 11 is 0. The molecule has 0 radical (unpaired) electrons. The Morgan fingerprint density at radius 1 is 1.04 bits per heavy atom. The Morgan fingerprint density at radius 3 is 2.22 bits per heavy atom. The molecular weight excluding hydrogens is 350 g/mol. The lowest BCUT2D eigenvalue weighted by atomic mass is 9.92. The van der Waals surface area contributed by atoms with Gasteiger partial charge in [0, 0.05) is 13.1 Å². The Balaban J connectivity index is 2.33. The van der Waals surface area contributed by atoms with E-state index in [9.17, 15) is 14.4 Å². The van der Waals surface area contributed by atoms with Crippen LogP contribution in [0.2, 0.25) is 0 Å². The van der Waals surface area contributed by atoms with Crippen LogP contribution >= 0.6 is 0 Å². The van der Waals surface area contributed by atoms with Gasteiger partial charge in [0.2, 0.25) is 0 Å². The third-order valence-corrected chi connectivity index (χ3v) is 4.07. The first-order valence-electron chi connectivity index (χ1n) is 8.65. The Labute approximate surface area is 158 Å². The largest absolute Gasteiger partial charge is 0.465 e. The molecule has 1 aliphatic heterocycles. The monoisotopic (exact) mass is 375 g/mol. The van der Waals surface area contributed by atoms with E-state index in [1.807, 2.05) is 26.8 Å². The van der Waals surface area contributed by atoms with Gasteiger partial charge in [0.25, 0.3) is 0 Å². The third kappa shape index (κ3) is 4.87.